The summed E-state index contributed by atoms with van der Waals surface area (Å²) in [6.07, 6.45) is 6.71. The van der Waals surface area contributed by atoms with Gasteiger partial charge in [0, 0.05) is 11.6 Å². The number of hydrogen-bond donors (Lipinski definition) is 1. The normalized spacial score (nSPS) is 18.9. The molecule has 0 spiro atoms. The van der Waals surface area contributed by atoms with Gasteiger partial charge in [-0.15, -0.1) is 0 Å². The van der Waals surface area contributed by atoms with Crippen LogP contribution in [0.5, 0.6) is 0 Å². The molecule has 0 atom stereocenters. The van der Waals surface area contributed by atoms with Crippen LogP contribution in [-0.2, 0) is 0 Å². The Morgan fingerprint density at radius 3 is 2.30 bits per heavy atom. The average Bonchev–Trinajstić information content (AvgIpc) is 2.41. The third-order valence-electron chi connectivity index (χ3n) is 4.47. The van der Waals surface area contributed by atoms with Crippen LogP contribution in [0.4, 0.5) is 0 Å². The van der Waals surface area contributed by atoms with Crippen LogP contribution >= 0.6 is 0 Å². The van der Waals surface area contributed by atoms with Crippen LogP contribution in [0.3, 0.4) is 0 Å². The Morgan fingerprint density at radius 2 is 1.75 bits per heavy atom. The first-order valence-corrected chi connectivity index (χ1v) is 8.60. The third kappa shape index (κ3) is 7.61. The Kier molecular flexibility index (Phi) is 8.08. The SMILES string of the molecule is CCN1CCC(N(C)CCCCCNC(C)(C)C)CC1. The van der Waals surface area contributed by atoms with E-state index in [9.17, 15) is 0 Å². The van der Waals surface area contributed by atoms with Crippen molar-refractivity contribution in [3.8, 4) is 0 Å². The fourth-order valence-electron chi connectivity index (χ4n) is 2.99. The lowest BCUT2D eigenvalue weighted by atomic mass is 10.0. The fourth-order valence-corrected chi connectivity index (χ4v) is 2.99. The summed E-state index contributed by atoms with van der Waals surface area (Å²) in [5, 5.41) is 3.57. The standard InChI is InChI=1S/C17H37N3/c1-6-20-14-10-16(11-15-20)19(5)13-9-7-8-12-18-17(2,3)4/h16,18H,6-15H2,1-5H3. The zero-order valence-corrected chi connectivity index (χ0v) is 14.5. The average molecular weight is 284 g/mol. The second kappa shape index (κ2) is 9.01. The number of rotatable bonds is 8. The number of hydrogen-bond acceptors (Lipinski definition) is 3. The highest BCUT2D eigenvalue weighted by Crippen LogP contribution is 2.15. The molecule has 1 aliphatic rings. The number of likely N-dealkylation sites (tertiary alicyclic amines) is 1. The maximum absolute atomic E-state index is 3.57. The number of unbranched alkanes of at least 4 members (excludes halogenated alkanes) is 2. The lowest BCUT2D eigenvalue weighted by Crippen LogP contribution is -2.43. The van der Waals surface area contributed by atoms with Gasteiger partial charge in [-0.1, -0.05) is 13.3 Å². The summed E-state index contributed by atoms with van der Waals surface area (Å²) < 4.78 is 0. The Hall–Kier alpha value is -0.120. The van der Waals surface area contributed by atoms with Gasteiger partial charge in [-0.05, 0) is 86.2 Å². The van der Waals surface area contributed by atoms with Crippen molar-refractivity contribution in [2.24, 2.45) is 0 Å². The number of nitrogens with one attached hydrogen (secondary N) is 1. The molecule has 0 aliphatic carbocycles. The van der Waals surface area contributed by atoms with Crippen molar-refractivity contribution in [3.63, 3.8) is 0 Å². The fraction of sp³-hybridized carbons (Fsp3) is 1.00. The summed E-state index contributed by atoms with van der Waals surface area (Å²) >= 11 is 0. The topological polar surface area (TPSA) is 18.5 Å². The highest BCUT2D eigenvalue weighted by Gasteiger charge is 2.20. The van der Waals surface area contributed by atoms with E-state index >= 15 is 0 Å². The summed E-state index contributed by atoms with van der Waals surface area (Å²) in [6, 6.07) is 0.825. The maximum Gasteiger partial charge on any atom is 0.0117 e. The molecule has 0 bridgehead atoms. The molecule has 120 valence electrons. The minimum absolute atomic E-state index is 0.268. The van der Waals surface area contributed by atoms with E-state index in [1.165, 1.54) is 58.3 Å². The van der Waals surface area contributed by atoms with E-state index in [4.69, 9.17) is 0 Å². The zero-order chi connectivity index (χ0) is 15.0. The van der Waals surface area contributed by atoms with Crippen molar-refractivity contribution in [1.29, 1.82) is 0 Å². The molecule has 20 heavy (non-hydrogen) atoms. The van der Waals surface area contributed by atoms with E-state index in [0.29, 0.717) is 0 Å². The molecule has 0 radical (unpaired) electrons. The Bertz CT molecular complexity index is 239. The van der Waals surface area contributed by atoms with E-state index in [1.54, 1.807) is 0 Å². The zero-order valence-electron chi connectivity index (χ0n) is 14.5. The van der Waals surface area contributed by atoms with Gasteiger partial charge in [0.15, 0.2) is 0 Å². The molecule has 0 saturated carbocycles. The second-order valence-corrected chi connectivity index (χ2v) is 7.38. The molecule has 1 aliphatic heterocycles. The smallest absolute Gasteiger partial charge is 0.0117 e. The van der Waals surface area contributed by atoms with Crippen LogP contribution in [0, 0.1) is 0 Å². The largest absolute Gasteiger partial charge is 0.312 e. The van der Waals surface area contributed by atoms with Gasteiger partial charge < -0.3 is 15.1 Å². The molecular formula is C17H37N3. The minimum Gasteiger partial charge on any atom is -0.312 e. The van der Waals surface area contributed by atoms with E-state index < -0.39 is 0 Å². The minimum atomic E-state index is 0.268. The Balaban J connectivity index is 2.02. The molecule has 0 aromatic rings. The van der Waals surface area contributed by atoms with Gasteiger partial charge in [-0.25, -0.2) is 0 Å². The van der Waals surface area contributed by atoms with Crippen LogP contribution in [-0.4, -0.2) is 61.2 Å². The summed E-state index contributed by atoms with van der Waals surface area (Å²) in [6.45, 7) is 15.2. The summed E-state index contributed by atoms with van der Waals surface area (Å²) in [5.74, 6) is 0. The van der Waals surface area contributed by atoms with Crippen molar-refractivity contribution in [1.82, 2.24) is 15.1 Å². The first-order chi connectivity index (χ1) is 9.42. The van der Waals surface area contributed by atoms with E-state index in [0.717, 1.165) is 12.6 Å². The Morgan fingerprint density at radius 1 is 1.10 bits per heavy atom. The predicted octanol–water partition coefficient (Wildman–Crippen LogP) is 2.96. The van der Waals surface area contributed by atoms with Gasteiger partial charge in [0.25, 0.3) is 0 Å². The molecule has 1 N–H and O–H groups in total. The summed E-state index contributed by atoms with van der Waals surface area (Å²) in [5.41, 5.74) is 0.268. The van der Waals surface area contributed by atoms with E-state index in [-0.39, 0.29) is 5.54 Å². The van der Waals surface area contributed by atoms with Crippen molar-refractivity contribution in [2.75, 3.05) is 39.8 Å². The van der Waals surface area contributed by atoms with Gasteiger partial charge in [-0.2, -0.15) is 0 Å². The van der Waals surface area contributed by atoms with Crippen LogP contribution in [0.25, 0.3) is 0 Å². The first-order valence-electron chi connectivity index (χ1n) is 8.60. The molecule has 1 saturated heterocycles. The number of piperidine rings is 1. The molecule has 1 heterocycles. The first kappa shape index (κ1) is 17.9. The molecule has 1 fully saturated rings. The van der Waals surface area contributed by atoms with Gasteiger partial charge in [-0.3, -0.25) is 0 Å². The lowest BCUT2D eigenvalue weighted by molar-refractivity contribution is 0.130. The van der Waals surface area contributed by atoms with Crippen molar-refractivity contribution in [2.45, 2.75) is 71.4 Å². The molecule has 0 unspecified atom stereocenters. The van der Waals surface area contributed by atoms with Crippen molar-refractivity contribution in [3.05, 3.63) is 0 Å². The molecule has 0 amide bonds. The van der Waals surface area contributed by atoms with Crippen molar-refractivity contribution >= 4 is 0 Å². The highest BCUT2D eigenvalue weighted by molar-refractivity contribution is 4.77. The second-order valence-electron chi connectivity index (χ2n) is 7.38. The Labute approximate surface area is 127 Å². The molecule has 1 rings (SSSR count). The molecule has 0 aromatic carbocycles. The van der Waals surface area contributed by atoms with Gasteiger partial charge in [0.1, 0.15) is 0 Å². The number of nitrogens with zero attached hydrogens (tertiary/aromatic N) is 2. The molecule has 0 aromatic heterocycles. The van der Waals surface area contributed by atoms with Crippen molar-refractivity contribution < 1.29 is 0 Å². The molecule has 3 heteroatoms. The van der Waals surface area contributed by atoms with Crippen LogP contribution in [0.1, 0.15) is 59.8 Å². The lowest BCUT2D eigenvalue weighted by Gasteiger charge is -2.36. The molecular weight excluding hydrogens is 246 g/mol. The maximum atomic E-state index is 3.57. The van der Waals surface area contributed by atoms with Gasteiger partial charge >= 0.3 is 0 Å². The van der Waals surface area contributed by atoms with Crippen LogP contribution < -0.4 is 5.32 Å². The third-order valence-corrected chi connectivity index (χ3v) is 4.47. The van der Waals surface area contributed by atoms with E-state index in [2.05, 4.69) is 49.9 Å². The molecule has 3 nitrogen and oxygen atoms in total. The van der Waals surface area contributed by atoms with Gasteiger partial charge in [0.2, 0.25) is 0 Å². The quantitative estimate of drug-likeness (QED) is 0.691. The predicted molar refractivity (Wildman–Crippen MR) is 89.4 cm³/mol. The van der Waals surface area contributed by atoms with Gasteiger partial charge in [0.05, 0.1) is 0 Å². The van der Waals surface area contributed by atoms with Crippen LogP contribution in [0.2, 0.25) is 0 Å². The van der Waals surface area contributed by atoms with E-state index in [1.807, 2.05) is 0 Å². The summed E-state index contributed by atoms with van der Waals surface area (Å²) in [4.78, 5) is 5.17. The summed E-state index contributed by atoms with van der Waals surface area (Å²) in [7, 11) is 2.32. The highest BCUT2D eigenvalue weighted by atomic mass is 15.2. The monoisotopic (exact) mass is 283 g/mol. The van der Waals surface area contributed by atoms with Crippen LogP contribution in [0.15, 0.2) is 0 Å².